The molecule has 1 aromatic rings. The number of hydrogen-bond acceptors (Lipinski definition) is 3. The molecule has 0 saturated heterocycles. The smallest absolute Gasteiger partial charge is 0.320 e. The predicted molar refractivity (Wildman–Crippen MR) is 96.7 cm³/mol. The van der Waals surface area contributed by atoms with Gasteiger partial charge in [-0.05, 0) is 91.9 Å². The number of phenolic OH excluding ortho intramolecular Hbond substituents is 1. The SMILES string of the molecule is CC(NC1CCC2C3CCc4cc(O)ccc4C3CC[C@]12C)C(=O)O. The van der Waals surface area contributed by atoms with E-state index in [2.05, 4.69) is 18.3 Å². The molecule has 136 valence electrons. The maximum absolute atomic E-state index is 11.3. The van der Waals surface area contributed by atoms with Crippen LogP contribution in [0.25, 0.3) is 0 Å². The van der Waals surface area contributed by atoms with Crippen LogP contribution in [0.4, 0.5) is 0 Å². The van der Waals surface area contributed by atoms with Gasteiger partial charge in [-0.25, -0.2) is 0 Å². The van der Waals surface area contributed by atoms with E-state index in [1.54, 1.807) is 6.92 Å². The van der Waals surface area contributed by atoms with Gasteiger partial charge in [-0.1, -0.05) is 13.0 Å². The number of phenols is 1. The van der Waals surface area contributed by atoms with Gasteiger partial charge < -0.3 is 15.5 Å². The largest absolute Gasteiger partial charge is 0.508 e. The van der Waals surface area contributed by atoms with Gasteiger partial charge in [0.2, 0.25) is 0 Å². The van der Waals surface area contributed by atoms with Crippen LogP contribution in [0.5, 0.6) is 5.75 Å². The van der Waals surface area contributed by atoms with E-state index in [1.807, 2.05) is 12.1 Å². The highest BCUT2D eigenvalue weighted by atomic mass is 16.4. The minimum Gasteiger partial charge on any atom is -0.508 e. The van der Waals surface area contributed by atoms with Crippen molar-refractivity contribution in [3.63, 3.8) is 0 Å². The summed E-state index contributed by atoms with van der Waals surface area (Å²) in [6, 6.07) is 5.76. The summed E-state index contributed by atoms with van der Waals surface area (Å²) in [5.41, 5.74) is 2.99. The van der Waals surface area contributed by atoms with E-state index in [-0.39, 0.29) is 5.41 Å². The van der Waals surface area contributed by atoms with Crippen LogP contribution >= 0.6 is 0 Å². The van der Waals surface area contributed by atoms with Gasteiger partial charge in [-0.3, -0.25) is 4.79 Å². The number of aliphatic carboxylic acids is 1. The van der Waals surface area contributed by atoms with Crippen molar-refractivity contribution < 1.29 is 15.0 Å². The molecule has 3 aliphatic rings. The zero-order valence-corrected chi connectivity index (χ0v) is 15.2. The first-order valence-electron chi connectivity index (χ1n) is 9.71. The summed E-state index contributed by atoms with van der Waals surface area (Å²) in [6.07, 6.45) is 6.88. The van der Waals surface area contributed by atoms with Crippen LogP contribution in [0, 0.1) is 17.3 Å². The van der Waals surface area contributed by atoms with Gasteiger partial charge in [0.1, 0.15) is 11.8 Å². The lowest BCUT2D eigenvalue weighted by Gasteiger charge is -2.51. The number of aryl methyl sites for hydroxylation is 1. The Hall–Kier alpha value is -1.55. The zero-order valence-electron chi connectivity index (χ0n) is 15.2. The molecule has 3 aliphatic carbocycles. The first-order chi connectivity index (χ1) is 11.9. The molecule has 0 heterocycles. The summed E-state index contributed by atoms with van der Waals surface area (Å²) in [5.74, 6) is 1.60. The number of carbonyl (C=O) groups is 1. The quantitative estimate of drug-likeness (QED) is 0.783. The Morgan fingerprint density at radius 3 is 2.84 bits per heavy atom. The molecule has 0 amide bonds. The standard InChI is InChI=1S/C21H29NO3/c1-12(20(24)25)22-19-8-7-18-17-5-3-13-11-14(23)4-6-15(13)16(17)9-10-21(18,19)2/h4,6,11-12,16-19,22-23H,3,5,7-10H2,1-2H3,(H,24,25)/t12?,16?,17?,18?,19?,21-/m0/s1. The van der Waals surface area contributed by atoms with Crippen LogP contribution < -0.4 is 5.32 Å². The minimum absolute atomic E-state index is 0.208. The Labute approximate surface area is 149 Å². The Bertz CT molecular complexity index is 688. The maximum Gasteiger partial charge on any atom is 0.320 e. The Kier molecular flexibility index (Phi) is 4.06. The van der Waals surface area contributed by atoms with Gasteiger partial charge in [0, 0.05) is 6.04 Å². The number of benzene rings is 1. The van der Waals surface area contributed by atoms with E-state index in [9.17, 15) is 15.0 Å². The number of carboxylic acids is 1. The summed E-state index contributed by atoms with van der Waals surface area (Å²) in [6.45, 7) is 4.15. The van der Waals surface area contributed by atoms with Gasteiger partial charge in [0.15, 0.2) is 0 Å². The van der Waals surface area contributed by atoms with E-state index in [0.29, 0.717) is 29.5 Å². The number of hydrogen-bond donors (Lipinski definition) is 3. The molecule has 0 aliphatic heterocycles. The molecular weight excluding hydrogens is 314 g/mol. The van der Waals surface area contributed by atoms with Crippen LogP contribution in [-0.4, -0.2) is 28.3 Å². The normalized spacial score (nSPS) is 37.7. The van der Waals surface area contributed by atoms with E-state index in [0.717, 1.165) is 19.3 Å². The summed E-state index contributed by atoms with van der Waals surface area (Å²) in [4.78, 5) is 11.3. The molecule has 2 saturated carbocycles. The molecule has 3 N–H and O–H groups in total. The summed E-state index contributed by atoms with van der Waals surface area (Å²) < 4.78 is 0. The van der Waals surface area contributed by atoms with Crippen LogP contribution in [0.15, 0.2) is 18.2 Å². The minimum atomic E-state index is -0.757. The van der Waals surface area contributed by atoms with E-state index < -0.39 is 12.0 Å². The highest BCUT2D eigenvalue weighted by Gasteiger charge is 2.54. The molecule has 2 fully saturated rings. The predicted octanol–water partition coefficient (Wildman–Crippen LogP) is 3.68. The number of carboxylic acid groups (broad SMARTS) is 1. The molecule has 1 aromatic carbocycles. The second-order valence-electron chi connectivity index (χ2n) is 8.70. The molecule has 4 rings (SSSR count). The highest BCUT2D eigenvalue weighted by molar-refractivity contribution is 5.72. The van der Waals surface area contributed by atoms with Crippen LogP contribution in [0.1, 0.15) is 63.0 Å². The van der Waals surface area contributed by atoms with Crippen LogP contribution in [0.2, 0.25) is 0 Å². The Balaban J connectivity index is 1.58. The third-order valence-corrected chi connectivity index (χ3v) is 7.53. The topological polar surface area (TPSA) is 69.6 Å². The van der Waals surface area contributed by atoms with E-state index in [1.165, 1.54) is 30.4 Å². The fraction of sp³-hybridized carbons (Fsp3) is 0.667. The Morgan fingerprint density at radius 2 is 2.08 bits per heavy atom. The second kappa shape index (κ2) is 6.01. The van der Waals surface area contributed by atoms with Crippen molar-refractivity contribution in [2.45, 2.75) is 70.4 Å². The number of nitrogens with one attached hydrogen (secondary N) is 1. The summed E-state index contributed by atoms with van der Waals surface area (Å²) in [7, 11) is 0. The lowest BCUT2D eigenvalue weighted by Crippen LogP contribution is -2.52. The Morgan fingerprint density at radius 1 is 1.28 bits per heavy atom. The number of fused-ring (bicyclic) bond motifs is 5. The van der Waals surface area contributed by atoms with Crippen LogP contribution in [0.3, 0.4) is 0 Å². The molecule has 25 heavy (non-hydrogen) atoms. The van der Waals surface area contributed by atoms with Crippen molar-refractivity contribution in [1.29, 1.82) is 0 Å². The second-order valence-corrected chi connectivity index (χ2v) is 8.70. The number of rotatable bonds is 3. The van der Waals surface area contributed by atoms with Crippen LogP contribution in [-0.2, 0) is 11.2 Å². The van der Waals surface area contributed by atoms with Gasteiger partial charge in [-0.2, -0.15) is 0 Å². The molecule has 4 nitrogen and oxygen atoms in total. The lowest BCUT2D eigenvalue weighted by molar-refractivity contribution is -0.139. The van der Waals surface area contributed by atoms with Gasteiger partial charge in [0.25, 0.3) is 0 Å². The fourth-order valence-electron chi connectivity index (χ4n) is 6.22. The molecule has 0 radical (unpaired) electrons. The summed E-state index contributed by atoms with van der Waals surface area (Å²) >= 11 is 0. The monoisotopic (exact) mass is 343 g/mol. The molecule has 6 atom stereocenters. The zero-order chi connectivity index (χ0) is 17.8. The molecule has 5 unspecified atom stereocenters. The van der Waals surface area contributed by atoms with Crippen molar-refractivity contribution in [2.24, 2.45) is 17.3 Å². The molecular formula is C21H29NO3. The van der Waals surface area contributed by atoms with Crippen molar-refractivity contribution in [3.05, 3.63) is 29.3 Å². The summed E-state index contributed by atoms with van der Waals surface area (Å²) in [5, 5.41) is 22.4. The highest BCUT2D eigenvalue weighted by Crippen LogP contribution is 2.61. The molecule has 0 spiro atoms. The first kappa shape index (κ1) is 16.9. The average Bonchev–Trinajstić information content (AvgIpc) is 2.91. The molecule has 0 aromatic heterocycles. The lowest BCUT2D eigenvalue weighted by atomic mass is 9.55. The fourth-order valence-corrected chi connectivity index (χ4v) is 6.22. The van der Waals surface area contributed by atoms with Gasteiger partial charge in [-0.15, -0.1) is 0 Å². The first-order valence-corrected chi connectivity index (χ1v) is 9.71. The van der Waals surface area contributed by atoms with Crippen molar-refractivity contribution in [1.82, 2.24) is 5.32 Å². The third kappa shape index (κ3) is 2.66. The number of aromatic hydroxyl groups is 1. The van der Waals surface area contributed by atoms with Crippen molar-refractivity contribution in [2.75, 3.05) is 0 Å². The van der Waals surface area contributed by atoms with Gasteiger partial charge >= 0.3 is 5.97 Å². The van der Waals surface area contributed by atoms with Crippen molar-refractivity contribution in [3.8, 4) is 5.75 Å². The van der Waals surface area contributed by atoms with E-state index in [4.69, 9.17) is 0 Å². The van der Waals surface area contributed by atoms with E-state index >= 15 is 0 Å². The third-order valence-electron chi connectivity index (χ3n) is 7.53. The van der Waals surface area contributed by atoms with Gasteiger partial charge in [0.05, 0.1) is 0 Å². The molecule has 4 heteroatoms. The maximum atomic E-state index is 11.3. The van der Waals surface area contributed by atoms with Crippen molar-refractivity contribution >= 4 is 5.97 Å². The molecule has 0 bridgehead atoms. The average molecular weight is 343 g/mol.